The zero-order valence-corrected chi connectivity index (χ0v) is 11.5. The lowest BCUT2D eigenvalue weighted by Gasteiger charge is -2.09. The molecule has 5 nitrogen and oxygen atoms in total. The number of amides is 1. The molecule has 0 saturated heterocycles. The van der Waals surface area contributed by atoms with E-state index in [0.717, 1.165) is 0 Å². The van der Waals surface area contributed by atoms with E-state index in [2.05, 4.69) is 5.32 Å². The number of carboxylic acid groups (broad SMARTS) is 1. The number of rotatable bonds is 7. The Hall–Kier alpha value is -1.46. The van der Waals surface area contributed by atoms with Gasteiger partial charge in [-0.1, -0.05) is 29.3 Å². The van der Waals surface area contributed by atoms with Crippen LogP contribution < -0.4 is 10.1 Å². The Kier molecular flexibility index (Phi) is 6.45. The van der Waals surface area contributed by atoms with Gasteiger partial charge in [0.15, 0.2) is 12.4 Å². The van der Waals surface area contributed by atoms with Crippen molar-refractivity contribution in [3.8, 4) is 5.75 Å². The summed E-state index contributed by atoms with van der Waals surface area (Å²) in [7, 11) is 0. The zero-order chi connectivity index (χ0) is 14.3. The number of ether oxygens (including phenoxy) is 1. The Morgan fingerprint density at radius 2 is 1.89 bits per heavy atom. The Morgan fingerprint density at radius 3 is 2.47 bits per heavy atom. The van der Waals surface area contributed by atoms with Gasteiger partial charge in [0, 0.05) is 13.0 Å². The number of para-hydroxylation sites is 1. The fourth-order valence-corrected chi connectivity index (χ4v) is 1.78. The fourth-order valence-electron chi connectivity index (χ4n) is 1.28. The maximum atomic E-state index is 11.4. The third kappa shape index (κ3) is 5.81. The van der Waals surface area contributed by atoms with Crippen LogP contribution in [-0.4, -0.2) is 30.1 Å². The first-order valence-electron chi connectivity index (χ1n) is 5.56. The molecule has 0 spiro atoms. The molecule has 0 bridgehead atoms. The summed E-state index contributed by atoms with van der Waals surface area (Å²) in [5.41, 5.74) is 0. The van der Waals surface area contributed by atoms with E-state index in [1.54, 1.807) is 18.2 Å². The maximum absolute atomic E-state index is 11.4. The van der Waals surface area contributed by atoms with Crippen LogP contribution in [0.5, 0.6) is 5.75 Å². The minimum Gasteiger partial charge on any atom is -0.481 e. The number of hydrogen-bond donors (Lipinski definition) is 2. The van der Waals surface area contributed by atoms with Crippen molar-refractivity contribution >= 4 is 35.1 Å². The molecular formula is C12H13Cl2NO4. The molecule has 0 atom stereocenters. The smallest absolute Gasteiger partial charge is 0.303 e. The third-order valence-electron chi connectivity index (χ3n) is 2.16. The number of hydrogen-bond acceptors (Lipinski definition) is 3. The summed E-state index contributed by atoms with van der Waals surface area (Å²) in [4.78, 5) is 21.7. The highest BCUT2D eigenvalue weighted by Gasteiger charge is 2.09. The van der Waals surface area contributed by atoms with Crippen LogP contribution in [0.25, 0.3) is 0 Å². The molecule has 0 aromatic heterocycles. The average Bonchev–Trinajstić information content (AvgIpc) is 2.34. The van der Waals surface area contributed by atoms with Crippen LogP contribution in [0.3, 0.4) is 0 Å². The number of carbonyl (C=O) groups excluding carboxylic acids is 1. The van der Waals surface area contributed by atoms with Gasteiger partial charge in [0.2, 0.25) is 0 Å². The zero-order valence-electron chi connectivity index (χ0n) is 9.99. The first-order valence-corrected chi connectivity index (χ1v) is 6.31. The highest BCUT2D eigenvalue weighted by atomic mass is 35.5. The number of aliphatic carboxylic acids is 1. The highest BCUT2D eigenvalue weighted by Crippen LogP contribution is 2.32. The quantitative estimate of drug-likeness (QED) is 0.758. The molecule has 19 heavy (non-hydrogen) atoms. The van der Waals surface area contributed by atoms with Crippen LogP contribution in [0.2, 0.25) is 10.0 Å². The van der Waals surface area contributed by atoms with Crippen molar-refractivity contribution < 1.29 is 19.4 Å². The lowest BCUT2D eigenvalue weighted by molar-refractivity contribution is -0.137. The first-order chi connectivity index (χ1) is 9.00. The van der Waals surface area contributed by atoms with E-state index in [9.17, 15) is 9.59 Å². The summed E-state index contributed by atoms with van der Waals surface area (Å²) < 4.78 is 5.22. The Labute approximate surface area is 120 Å². The monoisotopic (exact) mass is 305 g/mol. The molecule has 0 fully saturated rings. The third-order valence-corrected chi connectivity index (χ3v) is 2.75. The van der Waals surface area contributed by atoms with Gasteiger partial charge in [-0.2, -0.15) is 0 Å². The second kappa shape index (κ2) is 7.86. The van der Waals surface area contributed by atoms with Gasteiger partial charge in [-0.05, 0) is 18.6 Å². The second-order valence-corrected chi connectivity index (χ2v) is 4.50. The van der Waals surface area contributed by atoms with Crippen LogP contribution in [0.4, 0.5) is 0 Å². The van der Waals surface area contributed by atoms with Crippen LogP contribution in [-0.2, 0) is 9.59 Å². The van der Waals surface area contributed by atoms with Crippen molar-refractivity contribution in [1.82, 2.24) is 5.32 Å². The van der Waals surface area contributed by atoms with E-state index in [4.69, 9.17) is 33.0 Å². The van der Waals surface area contributed by atoms with Gasteiger partial charge in [0.25, 0.3) is 5.91 Å². The van der Waals surface area contributed by atoms with Crippen molar-refractivity contribution in [3.05, 3.63) is 28.2 Å². The molecule has 0 aliphatic carbocycles. The van der Waals surface area contributed by atoms with E-state index in [1.807, 2.05) is 0 Å². The predicted molar refractivity (Wildman–Crippen MR) is 71.8 cm³/mol. The lowest BCUT2D eigenvalue weighted by atomic mass is 10.3. The molecule has 0 radical (unpaired) electrons. The van der Waals surface area contributed by atoms with Gasteiger partial charge in [-0.3, -0.25) is 9.59 Å². The lowest BCUT2D eigenvalue weighted by Crippen LogP contribution is -2.30. The SMILES string of the molecule is O=C(O)CCCNC(=O)COc1c(Cl)cccc1Cl. The Balaban J connectivity index is 2.32. The molecule has 0 aliphatic rings. The summed E-state index contributed by atoms with van der Waals surface area (Å²) in [6.07, 6.45) is 0.380. The van der Waals surface area contributed by atoms with Crippen molar-refractivity contribution in [1.29, 1.82) is 0 Å². The van der Waals surface area contributed by atoms with E-state index >= 15 is 0 Å². The minimum absolute atomic E-state index is 0.0114. The molecule has 1 aromatic rings. The van der Waals surface area contributed by atoms with E-state index in [-0.39, 0.29) is 31.2 Å². The number of benzene rings is 1. The molecule has 7 heteroatoms. The molecule has 104 valence electrons. The van der Waals surface area contributed by atoms with Gasteiger partial charge >= 0.3 is 5.97 Å². The van der Waals surface area contributed by atoms with Gasteiger partial charge in [0.1, 0.15) is 0 Å². The number of carbonyl (C=O) groups is 2. The molecule has 2 N–H and O–H groups in total. The van der Waals surface area contributed by atoms with E-state index in [1.165, 1.54) is 0 Å². The number of carboxylic acids is 1. The van der Waals surface area contributed by atoms with Crippen LogP contribution in [0, 0.1) is 0 Å². The molecule has 0 aliphatic heterocycles. The number of halogens is 2. The van der Waals surface area contributed by atoms with Crippen LogP contribution >= 0.6 is 23.2 Å². The van der Waals surface area contributed by atoms with Gasteiger partial charge < -0.3 is 15.2 Å². The molecule has 0 saturated carbocycles. The molecular weight excluding hydrogens is 293 g/mol. The molecule has 0 unspecified atom stereocenters. The van der Waals surface area contributed by atoms with Crippen molar-refractivity contribution in [3.63, 3.8) is 0 Å². The summed E-state index contributed by atoms with van der Waals surface area (Å²) in [5, 5.41) is 11.6. The minimum atomic E-state index is -0.895. The predicted octanol–water partition coefficient (Wildman–Crippen LogP) is 2.35. The summed E-state index contributed by atoms with van der Waals surface area (Å²) in [6, 6.07) is 4.88. The highest BCUT2D eigenvalue weighted by molar-refractivity contribution is 6.37. The topological polar surface area (TPSA) is 75.6 Å². The largest absolute Gasteiger partial charge is 0.481 e. The standard InChI is InChI=1S/C12H13Cl2NO4/c13-8-3-1-4-9(14)12(8)19-7-10(16)15-6-2-5-11(17)18/h1,3-4H,2,5-7H2,(H,15,16)(H,17,18). The second-order valence-electron chi connectivity index (χ2n) is 3.69. The van der Waals surface area contributed by atoms with Crippen molar-refractivity contribution in [2.24, 2.45) is 0 Å². The maximum Gasteiger partial charge on any atom is 0.303 e. The van der Waals surface area contributed by atoms with Gasteiger partial charge in [0.05, 0.1) is 10.0 Å². The Morgan fingerprint density at radius 1 is 1.26 bits per heavy atom. The van der Waals surface area contributed by atoms with Gasteiger partial charge in [-0.15, -0.1) is 0 Å². The van der Waals surface area contributed by atoms with Crippen LogP contribution in [0.15, 0.2) is 18.2 Å². The average molecular weight is 306 g/mol. The van der Waals surface area contributed by atoms with E-state index in [0.29, 0.717) is 16.5 Å². The Bertz CT molecular complexity index is 445. The summed E-state index contributed by atoms with van der Waals surface area (Å²) >= 11 is 11.7. The van der Waals surface area contributed by atoms with E-state index < -0.39 is 5.97 Å². The first kappa shape index (κ1) is 15.6. The van der Waals surface area contributed by atoms with Gasteiger partial charge in [-0.25, -0.2) is 0 Å². The van der Waals surface area contributed by atoms with Crippen LogP contribution in [0.1, 0.15) is 12.8 Å². The number of nitrogens with one attached hydrogen (secondary N) is 1. The molecule has 0 heterocycles. The van der Waals surface area contributed by atoms with Crippen molar-refractivity contribution in [2.45, 2.75) is 12.8 Å². The molecule has 1 rings (SSSR count). The normalized spacial score (nSPS) is 10.0. The van der Waals surface area contributed by atoms with Crippen molar-refractivity contribution in [2.75, 3.05) is 13.2 Å². The summed E-state index contributed by atoms with van der Waals surface area (Å²) in [6.45, 7) is 0.0568. The molecule has 1 aromatic carbocycles. The molecule has 1 amide bonds. The summed E-state index contributed by atoms with van der Waals surface area (Å²) in [5.74, 6) is -0.999. The fraction of sp³-hybridized carbons (Fsp3) is 0.333.